The van der Waals surface area contributed by atoms with Gasteiger partial charge in [-0.15, -0.1) is 5.10 Å². The lowest BCUT2D eigenvalue weighted by molar-refractivity contribution is 0.0459. The highest BCUT2D eigenvalue weighted by atomic mass is 16.5. The van der Waals surface area contributed by atoms with Crippen molar-refractivity contribution in [3.05, 3.63) is 89.6 Å². The van der Waals surface area contributed by atoms with Crippen LogP contribution in [0.15, 0.2) is 71.3 Å². The topological polar surface area (TPSA) is 112 Å². The van der Waals surface area contributed by atoms with Crippen molar-refractivity contribution in [1.29, 1.82) is 0 Å². The van der Waals surface area contributed by atoms with E-state index in [0.717, 1.165) is 11.3 Å². The highest BCUT2D eigenvalue weighted by Crippen LogP contribution is 2.19. The molecule has 1 N–H and O–H groups in total. The summed E-state index contributed by atoms with van der Waals surface area (Å²) >= 11 is 0. The Morgan fingerprint density at radius 2 is 1.93 bits per heavy atom. The molecule has 0 saturated heterocycles. The molecular formula is C21H17N5O4. The number of anilines is 1. The number of aromatic nitrogens is 4. The van der Waals surface area contributed by atoms with Gasteiger partial charge in [-0.25, -0.2) is 4.79 Å². The molecule has 0 atom stereocenters. The van der Waals surface area contributed by atoms with Crippen molar-refractivity contribution in [3.8, 4) is 5.69 Å². The number of para-hydroxylation sites is 1. The van der Waals surface area contributed by atoms with E-state index in [1.54, 1.807) is 30.3 Å². The van der Waals surface area contributed by atoms with Gasteiger partial charge in [0, 0.05) is 5.69 Å². The van der Waals surface area contributed by atoms with Crippen LogP contribution < -0.4 is 5.32 Å². The molecule has 0 radical (unpaired) electrons. The summed E-state index contributed by atoms with van der Waals surface area (Å²) in [7, 11) is 0. The summed E-state index contributed by atoms with van der Waals surface area (Å²) in [5, 5.41) is 14.2. The van der Waals surface area contributed by atoms with Crippen molar-refractivity contribution in [2.24, 2.45) is 0 Å². The second-order valence-corrected chi connectivity index (χ2v) is 6.38. The fourth-order valence-corrected chi connectivity index (χ4v) is 2.75. The number of nitrogens with one attached hydrogen (secondary N) is 1. The molecule has 150 valence electrons. The minimum atomic E-state index is -0.564. The maximum absolute atomic E-state index is 12.5. The number of furan rings is 1. The maximum Gasteiger partial charge on any atom is 0.338 e. The van der Waals surface area contributed by atoms with E-state index in [9.17, 15) is 9.59 Å². The molecule has 1 amide bonds. The molecule has 0 unspecified atom stereocenters. The first kappa shape index (κ1) is 19.1. The van der Waals surface area contributed by atoms with Gasteiger partial charge in [-0.05, 0) is 59.3 Å². The monoisotopic (exact) mass is 403 g/mol. The lowest BCUT2D eigenvalue weighted by atomic mass is 10.1. The molecule has 0 aliphatic heterocycles. The number of ether oxygens (including phenoxy) is 1. The molecule has 0 fully saturated rings. The molecule has 9 nitrogen and oxygen atoms in total. The Labute approximate surface area is 171 Å². The standard InChI is InChI=1S/C21H17N5O4/c1-14-9-10-15(12-17(14)22-20(27)18-8-5-11-29-18)21(28)30-13-19-23-24-25-26(19)16-6-3-2-4-7-16/h2-12H,13H2,1H3,(H,22,27). The Morgan fingerprint density at radius 1 is 1.10 bits per heavy atom. The van der Waals surface area contributed by atoms with Crippen LogP contribution in [0.2, 0.25) is 0 Å². The number of hydrogen-bond acceptors (Lipinski definition) is 7. The first-order valence-corrected chi connectivity index (χ1v) is 9.07. The summed E-state index contributed by atoms with van der Waals surface area (Å²) in [6.45, 7) is 1.71. The molecule has 4 rings (SSSR count). The lowest BCUT2D eigenvalue weighted by Gasteiger charge is -2.10. The van der Waals surface area contributed by atoms with Crippen LogP contribution in [-0.2, 0) is 11.3 Å². The Hall–Kier alpha value is -4.27. The zero-order valence-electron chi connectivity index (χ0n) is 16.0. The second kappa shape index (κ2) is 8.39. The Morgan fingerprint density at radius 3 is 2.70 bits per heavy atom. The van der Waals surface area contributed by atoms with Gasteiger partial charge < -0.3 is 14.5 Å². The fourth-order valence-electron chi connectivity index (χ4n) is 2.75. The van der Waals surface area contributed by atoms with Crippen LogP contribution in [0, 0.1) is 6.92 Å². The summed E-state index contributed by atoms with van der Waals surface area (Å²) < 4.78 is 12.0. The molecule has 0 saturated carbocycles. The third-order valence-corrected chi connectivity index (χ3v) is 4.33. The zero-order valence-corrected chi connectivity index (χ0v) is 16.0. The highest BCUT2D eigenvalue weighted by Gasteiger charge is 2.16. The summed E-state index contributed by atoms with van der Waals surface area (Å²) in [6.07, 6.45) is 1.42. The normalized spacial score (nSPS) is 10.6. The molecular weight excluding hydrogens is 386 g/mol. The van der Waals surface area contributed by atoms with Crippen LogP contribution in [-0.4, -0.2) is 32.1 Å². The number of carbonyl (C=O) groups excluding carboxylic acids is 2. The third kappa shape index (κ3) is 4.09. The smallest absolute Gasteiger partial charge is 0.338 e. The van der Waals surface area contributed by atoms with Crippen molar-refractivity contribution in [2.45, 2.75) is 13.5 Å². The quantitative estimate of drug-likeness (QED) is 0.492. The summed E-state index contributed by atoms with van der Waals surface area (Å²) in [4.78, 5) is 24.8. The van der Waals surface area contributed by atoms with Gasteiger partial charge in [0.1, 0.15) is 0 Å². The van der Waals surface area contributed by atoms with Gasteiger partial charge in [0.05, 0.1) is 17.5 Å². The van der Waals surface area contributed by atoms with Crippen LogP contribution in [0.3, 0.4) is 0 Å². The highest BCUT2D eigenvalue weighted by molar-refractivity contribution is 6.03. The average Bonchev–Trinajstić information content (AvgIpc) is 3.46. The van der Waals surface area contributed by atoms with E-state index >= 15 is 0 Å². The number of amides is 1. The van der Waals surface area contributed by atoms with Gasteiger partial charge in [0.25, 0.3) is 5.91 Å². The van der Waals surface area contributed by atoms with E-state index in [4.69, 9.17) is 9.15 Å². The number of esters is 1. The van der Waals surface area contributed by atoms with Crippen LogP contribution >= 0.6 is 0 Å². The van der Waals surface area contributed by atoms with Crippen LogP contribution in [0.25, 0.3) is 5.69 Å². The number of tetrazole rings is 1. The van der Waals surface area contributed by atoms with E-state index in [1.165, 1.54) is 10.9 Å². The molecule has 2 aromatic heterocycles. The lowest BCUT2D eigenvalue weighted by Crippen LogP contribution is -2.14. The second-order valence-electron chi connectivity index (χ2n) is 6.38. The van der Waals surface area contributed by atoms with E-state index < -0.39 is 11.9 Å². The van der Waals surface area contributed by atoms with Gasteiger partial charge >= 0.3 is 5.97 Å². The number of carbonyl (C=O) groups is 2. The Kier molecular flexibility index (Phi) is 5.33. The summed E-state index contributed by atoms with van der Waals surface area (Å²) in [5.74, 6) is -0.412. The Bertz CT molecular complexity index is 1170. The summed E-state index contributed by atoms with van der Waals surface area (Å²) in [6, 6.07) is 17.4. The predicted molar refractivity (Wildman–Crippen MR) is 106 cm³/mol. The van der Waals surface area contributed by atoms with Gasteiger partial charge in [-0.3, -0.25) is 4.79 Å². The molecule has 0 aliphatic rings. The van der Waals surface area contributed by atoms with Crippen molar-refractivity contribution < 1.29 is 18.7 Å². The minimum Gasteiger partial charge on any atom is -0.459 e. The van der Waals surface area contributed by atoms with Gasteiger partial charge in [0.15, 0.2) is 18.2 Å². The molecule has 0 aliphatic carbocycles. The van der Waals surface area contributed by atoms with Crippen LogP contribution in [0.1, 0.15) is 32.3 Å². The molecule has 0 bridgehead atoms. The Balaban J connectivity index is 1.46. The van der Waals surface area contributed by atoms with Crippen LogP contribution in [0.4, 0.5) is 5.69 Å². The van der Waals surface area contributed by atoms with Crippen molar-refractivity contribution in [3.63, 3.8) is 0 Å². The van der Waals surface area contributed by atoms with E-state index in [-0.39, 0.29) is 17.9 Å². The molecule has 0 spiro atoms. The van der Waals surface area contributed by atoms with Crippen LogP contribution in [0.5, 0.6) is 0 Å². The minimum absolute atomic E-state index is 0.108. The average molecular weight is 403 g/mol. The summed E-state index contributed by atoms with van der Waals surface area (Å²) in [5.41, 5.74) is 2.32. The number of aryl methyl sites for hydroxylation is 1. The number of nitrogens with zero attached hydrogens (tertiary/aromatic N) is 4. The third-order valence-electron chi connectivity index (χ3n) is 4.33. The van der Waals surface area contributed by atoms with Gasteiger partial charge in [0.2, 0.25) is 0 Å². The largest absolute Gasteiger partial charge is 0.459 e. The first-order valence-electron chi connectivity index (χ1n) is 9.07. The van der Waals surface area contributed by atoms with E-state index in [1.807, 2.05) is 37.3 Å². The predicted octanol–water partition coefficient (Wildman–Crippen LogP) is 3.17. The SMILES string of the molecule is Cc1ccc(C(=O)OCc2nnnn2-c2ccccc2)cc1NC(=O)c1ccco1. The first-order chi connectivity index (χ1) is 14.6. The van der Waals surface area contributed by atoms with E-state index in [0.29, 0.717) is 11.5 Å². The van der Waals surface area contributed by atoms with E-state index in [2.05, 4.69) is 20.8 Å². The maximum atomic E-state index is 12.5. The fraction of sp³-hybridized carbons (Fsp3) is 0.0952. The molecule has 9 heteroatoms. The number of benzene rings is 2. The van der Waals surface area contributed by atoms with Crippen molar-refractivity contribution in [2.75, 3.05) is 5.32 Å². The number of hydrogen-bond donors (Lipinski definition) is 1. The molecule has 4 aromatic rings. The zero-order chi connectivity index (χ0) is 20.9. The molecule has 30 heavy (non-hydrogen) atoms. The van der Waals surface area contributed by atoms with Crippen molar-refractivity contribution >= 4 is 17.6 Å². The molecule has 2 heterocycles. The number of rotatable bonds is 6. The van der Waals surface area contributed by atoms with Crippen molar-refractivity contribution in [1.82, 2.24) is 20.2 Å². The van der Waals surface area contributed by atoms with Gasteiger partial charge in [-0.1, -0.05) is 24.3 Å². The van der Waals surface area contributed by atoms with Gasteiger partial charge in [-0.2, -0.15) is 4.68 Å². The molecule has 2 aromatic carbocycles.